The zero-order valence-electron chi connectivity index (χ0n) is 19.0. The second kappa shape index (κ2) is 13.1. The van der Waals surface area contributed by atoms with Crippen molar-refractivity contribution in [1.29, 1.82) is 0 Å². The Labute approximate surface area is 187 Å². The third kappa shape index (κ3) is 10.1. The summed E-state index contributed by atoms with van der Waals surface area (Å²) >= 11 is 0. The highest BCUT2D eigenvalue weighted by atomic mass is 19.3. The number of aliphatic hydroxyl groups is 1. The molecule has 8 nitrogen and oxygen atoms in total. The fraction of sp³-hybridized carbons (Fsp3) is 0.591. The number of benzene rings is 1. The first-order valence-corrected chi connectivity index (χ1v) is 10.6. The van der Waals surface area contributed by atoms with Crippen LogP contribution in [0.15, 0.2) is 24.3 Å². The summed E-state index contributed by atoms with van der Waals surface area (Å²) in [6.07, 6.45) is 0.600. The minimum absolute atomic E-state index is 0.129. The van der Waals surface area contributed by atoms with Crippen molar-refractivity contribution >= 4 is 17.7 Å². The van der Waals surface area contributed by atoms with E-state index in [4.69, 9.17) is 0 Å². The Hall–Kier alpha value is -2.59. The number of amides is 3. The van der Waals surface area contributed by atoms with Crippen molar-refractivity contribution in [2.24, 2.45) is 0 Å². The number of alkyl halides is 2. The fourth-order valence-corrected chi connectivity index (χ4v) is 3.21. The molecule has 0 aliphatic rings. The molecule has 0 aliphatic carbocycles. The van der Waals surface area contributed by atoms with Gasteiger partial charge in [0.1, 0.15) is 6.23 Å². The van der Waals surface area contributed by atoms with E-state index in [0.717, 1.165) is 6.92 Å². The van der Waals surface area contributed by atoms with Crippen LogP contribution >= 0.6 is 0 Å². The largest absolute Gasteiger partial charge is 0.376 e. The summed E-state index contributed by atoms with van der Waals surface area (Å²) in [5, 5.41) is 21.4. The Kier molecular flexibility index (Phi) is 11.2. The van der Waals surface area contributed by atoms with Crippen LogP contribution in [-0.2, 0) is 26.7 Å². The first-order valence-electron chi connectivity index (χ1n) is 10.6. The molecule has 1 aromatic rings. The molecule has 1 aromatic carbocycles. The number of aliphatic hydroxyl groups excluding tert-OH is 1. The van der Waals surface area contributed by atoms with E-state index in [9.17, 15) is 28.3 Å². The molecule has 5 N–H and O–H groups in total. The Morgan fingerprint density at radius 2 is 1.69 bits per heavy atom. The summed E-state index contributed by atoms with van der Waals surface area (Å²) in [5.41, 5.74) is 0.513. The molecule has 3 amide bonds. The van der Waals surface area contributed by atoms with Crippen molar-refractivity contribution < 1.29 is 28.3 Å². The maximum Gasteiger partial charge on any atom is 0.270 e. The normalized spacial score (nSPS) is 14.2. The molecule has 0 bridgehead atoms. The lowest BCUT2D eigenvalue weighted by Crippen LogP contribution is -2.56. The molecule has 1 rings (SSSR count). The molecular weight excluding hydrogens is 422 g/mol. The zero-order valence-corrected chi connectivity index (χ0v) is 19.0. The standard InChI is InChI=1S/C22H34F2N4O4/c1-14(29)26-12-6-5-7-18(20(31)25-4)28-21(32)19(27-15(2)30)13-16-8-10-17(11-9-16)22(3,23)24/h8-11,18-19,21,28,32H,5-7,12-13H2,1-4H3,(H,25,31)(H,26,29)(H,27,30). The van der Waals surface area contributed by atoms with Gasteiger partial charge in [-0.15, -0.1) is 0 Å². The number of likely N-dealkylation sites (N-methyl/N-ethyl adjacent to an activating group) is 1. The van der Waals surface area contributed by atoms with Crippen LogP contribution in [0.4, 0.5) is 8.78 Å². The summed E-state index contributed by atoms with van der Waals surface area (Å²) in [6.45, 7) is 4.03. The van der Waals surface area contributed by atoms with Crippen LogP contribution in [0.3, 0.4) is 0 Å². The molecule has 0 saturated heterocycles. The van der Waals surface area contributed by atoms with Gasteiger partial charge in [0.15, 0.2) is 0 Å². The molecule has 0 radical (unpaired) electrons. The molecular formula is C22H34F2N4O4. The number of hydrogen-bond donors (Lipinski definition) is 5. The molecule has 3 atom stereocenters. The van der Waals surface area contributed by atoms with Crippen LogP contribution in [-0.4, -0.2) is 54.7 Å². The molecule has 0 saturated carbocycles. The molecule has 3 unspecified atom stereocenters. The maximum atomic E-state index is 13.4. The van der Waals surface area contributed by atoms with Crippen molar-refractivity contribution in [2.45, 2.75) is 70.7 Å². The average Bonchev–Trinajstić information content (AvgIpc) is 2.70. The second-order valence-corrected chi connectivity index (χ2v) is 7.85. The number of halogens is 2. The van der Waals surface area contributed by atoms with E-state index in [2.05, 4.69) is 21.3 Å². The van der Waals surface area contributed by atoms with E-state index in [1.165, 1.54) is 45.2 Å². The maximum absolute atomic E-state index is 13.4. The van der Waals surface area contributed by atoms with Crippen molar-refractivity contribution in [2.75, 3.05) is 13.6 Å². The van der Waals surface area contributed by atoms with Gasteiger partial charge in [-0.1, -0.05) is 24.3 Å². The van der Waals surface area contributed by atoms with Gasteiger partial charge in [-0.3, -0.25) is 19.7 Å². The van der Waals surface area contributed by atoms with Crippen LogP contribution in [0.25, 0.3) is 0 Å². The molecule has 10 heteroatoms. The van der Waals surface area contributed by atoms with Crippen molar-refractivity contribution in [3.63, 3.8) is 0 Å². The Morgan fingerprint density at radius 1 is 1.06 bits per heavy atom. The molecule has 0 aliphatic heterocycles. The van der Waals surface area contributed by atoms with Crippen LogP contribution in [0.2, 0.25) is 0 Å². The van der Waals surface area contributed by atoms with E-state index < -0.39 is 24.2 Å². The topological polar surface area (TPSA) is 120 Å². The number of nitrogens with one attached hydrogen (secondary N) is 4. The number of carbonyl (C=O) groups excluding carboxylic acids is 3. The molecule has 32 heavy (non-hydrogen) atoms. The predicted molar refractivity (Wildman–Crippen MR) is 117 cm³/mol. The third-order valence-electron chi connectivity index (χ3n) is 4.91. The predicted octanol–water partition coefficient (Wildman–Crippen LogP) is 1.17. The lowest BCUT2D eigenvalue weighted by atomic mass is 10.0. The molecule has 0 spiro atoms. The van der Waals surface area contributed by atoms with Crippen LogP contribution in [0, 0.1) is 0 Å². The van der Waals surface area contributed by atoms with Gasteiger partial charge in [-0.25, -0.2) is 8.78 Å². The quantitative estimate of drug-likeness (QED) is 0.226. The minimum atomic E-state index is -2.96. The van der Waals surface area contributed by atoms with Crippen LogP contribution in [0.1, 0.15) is 51.2 Å². The van der Waals surface area contributed by atoms with Gasteiger partial charge in [0.25, 0.3) is 5.92 Å². The first-order chi connectivity index (χ1) is 14.9. The van der Waals surface area contributed by atoms with E-state index in [1.54, 1.807) is 0 Å². The summed E-state index contributed by atoms with van der Waals surface area (Å²) < 4.78 is 26.9. The molecule has 0 aromatic heterocycles. The van der Waals surface area contributed by atoms with Crippen molar-refractivity contribution in [3.05, 3.63) is 35.4 Å². The van der Waals surface area contributed by atoms with Gasteiger partial charge < -0.3 is 21.1 Å². The smallest absolute Gasteiger partial charge is 0.270 e. The van der Waals surface area contributed by atoms with Gasteiger partial charge >= 0.3 is 0 Å². The van der Waals surface area contributed by atoms with Gasteiger partial charge in [-0.2, -0.15) is 0 Å². The van der Waals surface area contributed by atoms with Crippen LogP contribution in [0.5, 0.6) is 0 Å². The van der Waals surface area contributed by atoms with E-state index in [0.29, 0.717) is 31.4 Å². The Balaban J connectivity index is 2.81. The molecule has 0 heterocycles. The second-order valence-electron chi connectivity index (χ2n) is 7.85. The van der Waals surface area contributed by atoms with E-state index in [-0.39, 0.29) is 29.7 Å². The average molecular weight is 457 g/mol. The van der Waals surface area contributed by atoms with E-state index in [1.807, 2.05) is 0 Å². The number of carbonyl (C=O) groups is 3. The van der Waals surface area contributed by atoms with Gasteiger partial charge in [0.2, 0.25) is 17.7 Å². The van der Waals surface area contributed by atoms with Crippen molar-refractivity contribution in [1.82, 2.24) is 21.3 Å². The Bertz CT molecular complexity index is 753. The highest BCUT2D eigenvalue weighted by molar-refractivity contribution is 5.81. The summed E-state index contributed by atoms with van der Waals surface area (Å²) in [7, 11) is 1.48. The van der Waals surface area contributed by atoms with E-state index >= 15 is 0 Å². The van der Waals surface area contributed by atoms with Crippen LogP contribution < -0.4 is 21.3 Å². The minimum Gasteiger partial charge on any atom is -0.376 e. The Morgan fingerprint density at radius 3 is 2.19 bits per heavy atom. The monoisotopic (exact) mass is 456 g/mol. The van der Waals surface area contributed by atoms with Gasteiger partial charge in [-0.05, 0) is 31.2 Å². The first kappa shape index (κ1) is 27.4. The number of hydrogen-bond acceptors (Lipinski definition) is 5. The van der Waals surface area contributed by atoms with Crippen molar-refractivity contribution in [3.8, 4) is 0 Å². The fourth-order valence-electron chi connectivity index (χ4n) is 3.21. The van der Waals surface area contributed by atoms with Gasteiger partial charge in [0, 0.05) is 39.9 Å². The molecule has 0 fully saturated rings. The van der Waals surface area contributed by atoms with Gasteiger partial charge in [0.05, 0.1) is 12.1 Å². The third-order valence-corrected chi connectivity index (χ3v) is 4.91. The lowest BCUT2D eigenvalue weighted by Gasteiger charge is -2.28. The molecule has 180 valence electrons. The SMILES string of the molecule is CNC(=O)C(CCCCNC(C)=O)NC(O)C(Cc1ccc(C(C)(F)F)cc1)NC(C)=O. The number of unbranched alkanes of at least 4 members (excludes halogenated alkanes) is 1. The summed E-state index contributed by atoms with van der Waals surface area (Å²) in [6, 6.07) is 4.15. The highest BCUT2D eigenvalue weighted by Gasteiger charge is 2.27. The highest BCUT2D eigenvalue weighted by Crippen LogP contribution is 2.27. The zero-order chi connectivity index (χ0) is 24.3. The number of rotatable bonds is 13. The summed E-state index contributed by atoms with van der Waals surface area (Å²) in [5.74, 6) is -3.79. The summed E-state index contributed by atoms with van der Waals surface area (Å²) in [4.78, 5) is 34.8. The lowest BCUT2D eigenvalue weighted by molar-refractivity contribution is -0.124.